The van der Waals surface area contributed by atoms with Crippen LogP contribution in [0.1, 0.15) is 25.3 Å². The maximum Gasteiger partial charge on any atom is 0.0991 e. The minimum Gasteiger partial charge on any atom is -0.347 e. The number of piperazine rings is 1. The molecule has 1 aliphatic heterocycles. The monoisotopic (exact) mass is 296 g/mol. The van der Waals surface area contributed by atoms with Crippen LogP contribution in [0.4, 0.5) is 0 Å². The first-order valence-electron chi connectivity index (χ1n) is 8.25. The molecule has 1 aromatic carbocycles. The van der Waals surface area contributed by atoms with Crippen molar-refractivity contribution in [2.75, 3.05) is 19.6 Å². The summed E-state index contributed by atoms with van der Waals surface area (Å²) in [6.07, 6.45) is 4.53. The number of benzene rings is 1. The summed E-state index contributed by atoms with van der Waals surface area (Å²) >= 11 is 0. The van der Waals surface area contributed by atoms with Crippen LogP contribution in [0.25, 0.3) is 10.9 Å². The zero-order valence-corrected chi connectivity index (χ0v) is 13.2. The molecule has 1 fully saturated rings. The van der Waals surface area contributed by atoms with Crippen LogP contribution in [0.5, 0.6) is 0 Å². The predicted molar refractivity (Wildman–Crippen MR) is 89.7 cm³/mol. The summed E-state index contributed by atoms with van der Waals surface area (Å²) in [5.74, 6) is 0.698. The minimum absolute atomic E-state index is 0.589. The van der Waals surface area contributed by atoms with Gasteiger partial charge in [-0.3, -0.25) is 0 Å². The molecule has 0 saturated carbocycles. The van der Waals surface area contributed by atoms with Crippen molar-refractivity contribution in [1.29, 1.82) is 5.26 Å². The average molecular weight is 296 g/mol. The Morgan fingerprint density at radius 3 is 3.00 bits per heavy atom. The van der Waals surface area contributed by atoms with Gasteiger partial charge in [0.2, 0.25) is 0 Å². The van der Waals surface area contributed by atoms with E-state index in [-0.39, 0.29) is 0 Å². The summed E-state index contributed by atoms with van der Waals surface area (Å²) in [6.45, 7) is 6.55. The summed E-state index contributed by atoms with van der Waals surface area (Å²) in [4.78, 5) is 0. The molecule has 2 atom stereocenters. The second-order valence-electron chi connectivity index (χ2n) is 6.12. The van der Waals surface area contributed by atoms with E-state index in [1.165, 1.54) is 18.4 Å². The van der Waals surface area contributed by atoms with Gasteiger partial charge in [0.25, 0.3) is 0 Å². The Labute approximate surface area is 132 Å². The Morgan fingerprint density at radius 2 is 2.27 bits per heavy atom. The van der Waals surface area contributed by atoms with Crippen LogP contribution in [-0.2, 0) is 6.54 Å². The Morgan fingerprint density at radius 1 is 1.36 bits per heavy atom. The van der Waals surface area contributed by atoms with E-state index in [0.29, 0.717) is 12.0 Å². The third-order valence-corrected chi connectivity index (χ3v) is 4.81. The Kier molecular flexibility index (Phi) is 4.77. The molecule has 0 amide bonds. The normalized spacial score (nSPS) is 19.9. The number of nitrogens with zero attached hydrogens (tertiary/aromatic N) is 2. The zero-order chi connectivity index (χ0) is 15.4. The number of fused-ring (bicyclic) bond motifs is 1. The Bertz CT molecular complexity index is 661. The van der Waals surface area contributed by atoms with E-state index in [0.717, 1.165) is 37.1 Å². The van der Waals surface area contributed by atoms with E-state index in [1.807, 2.05) is 12.1 Å². The molecule has 116 valence electrons. The van der Waals surface area contributed by atoms with Gasteiger partial charge in [-0.15, -0.1) is 0 Å². The van der Waals surface area contributed by atoms with Crippen molar-refractivity contribution in [3.63, 3.8) is 0 Å². The van der Waals surface area contributed by atoms with Crippen LogP contribution in [-0.4, -0.2) is 30.2 Å². The molecule has 0 aliphatic carbocycles. The second-order valence-corrected chi connectivity index (χ2v) is 6.12. The van der Waals surface area contributed by atoms with Crippen molar-refractivity contribution >= 4 is 10.9 Å². The number of aryl methyl sites for hydroxylation is 1. The lowest BCUT2D eigenvalue weighted by molar-refractivity contribution is 0.279. The number of aromatic nitrogens is 1. The maximum atomic E-state index is 8.99. The third-order valence-electron chi connectivity index (χ3n) is 4.81. The summed E-state index contributed by atoms with van der Waals surface area (Å²) < 4.78 is 2.31. The summed E-state index contributed by atoms with van der Waals surface area (Å²) in [5, 5.41) is 17.3. The average Bonchev–Trinajstić information content (AvgIpc) is 2.98. The van der Waals surface area contributed by atoms with Crippen molar-refractivity contribution in [2.24, 2.45) is 5.92 Å². The highest BCUT2D eigenvalue weighted by atomic mass is 15.1. The van der Waals surface area contributed by atoms with Gasteiger partial charge < -0.3 is 15.2 Å². The minimum atomic E-state index is 0.589. The molecule has 1 aliphatic rings. The van der Waals surface area contributed by atoms with Gasteiger partial charge >= 0.3 is 0 Å². The van der Waals surface area contributed by atoms with Gasteiger partial charge in [-0.2, -0.15) is 5.26 Å². The second kappa shape index (κ2) is 6.95. The first-order chi connectivity index (χ1) is 10.8. The van der Waals surface area contributed by atoms with Crippen LogP contribution >= 0.6 is 0 Å². The van der Waals surface area contributed by atoms with E-state index in [1.54, 1.807) is 0 Å². The van der Waals surface area contributed by atoms with Crippen molar-refractivity contribution in [1.82, 2.24) is 15.2 Å². The number of nitriles is 1. The molecule has 3 rings (SSSR count). The largest absolute Gasteiger partial charge is 0.347 e. The highest BCUT2D eigenvalue weighted by Crippen LogP contribution is 2.21. The Balaban J connectivity index is 1.68. The lowest BCUT2D eigenvalue weighted by Crippen LogP contribution is -2.51. The van der Waals surface area contributed by atoms with Crippen LogP contribution < -0.4 is 10.6 Å². The van der Waals surface area contributed by atoms with Gasteiger partial charge in [-0.25, -0.2) is 0 Å². The number of hydrogen-bond acceptors (Lipinski definition) is 3. The van der Waals surface area contributed by atoms with Gasteiger partial charge in [0.1, 0.15) is 0 Å². The lowest BCUT2D eigenvalue weighted by Gasteiger charge is -2.31. The van der Waals surface area contributed by atoms with E-state index in [4.69, 9.17) is 5.26 Å². The van der Waals surface area contributed by atoms with Gasteiger partial charge in [0.05, 0.1) is 11.6 Å². The van der Waals surface area contributed by atoms with Crippen molar-refractivity contribution in [2.45, 2.75) is 32.4 Å². The smallest absolute Gasteiger partial charge is 0.0991 e. The van der Waals surface area contributed by atoms with Gasteiger partial charge in [0.15, 0.2) is 0 Å². The molecule has 0 spiro atoms. The van der Waals surface area contributed by atoms with E-state index >= 15 is 0 Å². The summed E-state index contributed by atoms with van der Waals surface area (Å²) in [7, 11) is 0. The zero-order valence-electron chi connectivity index (χ0n) is 13.2. The molecule has 2 aromatic rings. The summed E-state index contributed by atoms with van der Waals surface area (Å²) in [6, 6.07) is 10.8. The lowest BCUT2D eigenvalue weighted by atomic mass is 9.92. The fourth-order valence-electron chi connectivity index (χ4n) is 3.47. The van der Waals surface area contributed by atoms with Gasteiger partial charge in [0, 0.05) is 49.3 Å². The van der Waals surface area contributed by atoms with Crippen LogP contribution in [0, 0.1) is 17.2 Å². The molecule has 4 heteroatoms. The third kappa shape index (κ3) is 3.16. The highest BCUT2D eigenvalue weighted by molar-refractivity contribution is 5.81. The van der Waals surface area contributed by atoms with Crippen LogP contribution in [0.3, 0.4) is 0 Å². The molecule has 0 bridgehead atoms. The van der Waals surface area contributed by atoms with Crippen molar-refractivity contribution in [3.8, 4) is 6.07 Å². The van der Waals surface area contributed by atoms with Crippen LogP contribution in [0.2, 0.25) is 0 Å². The van der Waals surface area contributed by atoms with Gasteiger partial charge in [-0.05, 0) is 36.6 Å². The molecule has 2 heterocycles. The molecule has 1 aromatic heterocycles. The first kappa shape index (κ1) is 15.1. The quantitative estimate of drug-likeness (QED) is 0.891. The maximum absolute atomic E-state index is 8.99. The topological polar surface area (TPSA) is 52.8 Å². The molecular formula is C18H24N4. The van der Waals surface area contributed by atoms with Crippen molar-refractivity contribution < 1.29 is 0 Å². The number of nitrogens with one attached hydrogen (secondary N) is 2. The summed E-state index contributed by atoms with van der Waals surface area (Å²) in [5.41, 5.74) is 1.96. The first-order valence-corrected chi connectivity index (χ1v) is 8.25. The van der Waals surface area contributed by atoms with Crippen LogP contribution in [0.15, 0.2) is 30.5 Å². The fraction of sp³-hybridized carbons (Fsp3) is 0.500. The van der Waals surface area contributed by atoms with E-state index < -0.39 is 0 Å². The molecule has 0 radical (unpaired) electrons. The highest BCUT2D eigenvalue weighted by Gasteiger charge is 2.21. The Hall–Kier alpha value is -1.83. The van der Waals surface area contributed by atoms with E-state index in [2.05, 4.69) is 46.5 Å². The number of hydrogen-bond donors (Lipinski definition) is 2. The van der Waals surface area contributed by atoms with Gasteiger partial charge in [-0.1, -0.05) is 13.3 Å². The molecule has 4 nitrogen and oxygen atoms in total. The molecule has 2 N–H and O–H groups in total. The molecule has 2 unspecified atom stereocenters. The molecule has 1 saturated heterocycles. The molecule has 22 heavy (non-hydrogen) atoms. The fourth-order valence-corrected chi connectivity index (χ4v) is 3.47. The van der Waals surface area contributed by atoms with E-state index in [9.17, 15) is 0 Å². The number of rotatable bonds is 5. The predicted octanol–water partition coefficient (Wildman–Crippen LogP) is 2.49. The standard InChI is InChI=1S/C18H24N4/c1-2-15(17-13-20-7-8-21-17)5-9-22-10-6-16-11-14(12-19)3-4-18(16)22/h3-4,6,10-11,15,17,20-21H,2,5,7-9,13H2,1H3. The van der Waals surface area contributed by atoms with Crippen molar-refractivity contribution in [3.05, 3.63) is 36.0 Å². The molecular weight excluding hydrogens is 272 g/mol. The SMILES string of the molecule is CCC(CCn1ccc2cc(C#N)ccc21)C1CNCCN1.